The minimum atomic E-state index is -0.804. The molecule has 0 amide bonds. The predicted molar refractivity (Wildman–Crippen MR) is 92.1 cm³/mol. The van der Waals surface area contributed by atoms with Crippen molar-refractivity contribution < 1.29 is 19.6 Å². The Morgan fingerprint density at radius 3 is 2.76 bits per heavy atom. The summed E-state index contributed by atoms with van der Waals surface area (Å²) in [6, 6.07) is 9.83. The number of methoxy groups -OCH3 is 1. The van der Waals surface area contributed by atoms with Crippen LogP contribution in [-0.2, 0) is 0 Å². The Morgan fingerprint density at radius 1 is 1.32 bits per heavy atom. The summed E-state index contributed by atoms with van der Waals surface area (Å²) >= 11 is 1.26. The first-order valence-electron chi connectivity index (χ1n) is 7.11. The number of nitrogens with zero attached hydrogens (tertiary/aromatic N) is 2. The predicted octanol–water partition coefficient (Wildman–Crippen LogP) is 3.18. The van der Waals surface area contributed by atoms with E-state index in [1.54, 1.807) is 0 Å². The van der Waals surface area contributed by atoms with E-state index in [9.17, 15) is 20.0 Å². The Kier molecular flexibility index (Phi) is 4.44. The summed E-state index contributed by atoms with van der Waals surface area (Å²) < 4.78 is 5.76. The van der Waals surface area contributed by atoms with Gasteiger partial charge in [-0.25, -0.2) is 4.98 Å². The number of nitro groups is 1. The van der Waals surface area contributed by atoms with Gasteiger partial charge in [-0.15, -0.1) is 11.3 Å². The zero-order chi connectivity index (χ0) is 18.0. The number of ether oxygens (including phenoxy) is 1. The maximum atomic E-state index is 12.3. The van der Waals surface area contributed by atoms with E-state index in [4.69, 9.17) is 4.74 Å². The molecule has 0 atom stereocenters. The molecule has 3 aromatic rings. The molecule has 1 heterocycles. The maximum absolute atomic E-state index is 12.3. The van der Waals surface area contributed by atoms with Crippen molar-refractivity contribution in [1.29, 1.82) is 0 Å². The van der Waals surface area contributed by atoms with E-state index in [-0.39, 0.29) is 11.5 Å². The van der Waals surface area contributed by atoms with Crippen LogP contribution in [0.15, 0.2) is 42.5 Å². The van der Waals surface area contributed by atoms with Crippen molar-refractivity contribution in [2.75, 3.05) is 7.11 Å². The number of aromatic nitrogens is 1. The molecule has 0 N–H and O–H groups in total. The number of hydrogen-bond acceptors (Lipinski definition) is 7. The Morgan fingerprint density at radius 2 is 2.08 bits per heavy atom. The van der Waals surface area contributed by atoms with Gasteiger partial charge in [0, 0.05) is 11.8 Å². The topological polar surface area (TPSA) is 105 Å². The number of thiazole rings is 1. The molecule has 8 heteroatoms. The molecule has 0 aliphatic carbocycles. The lowest BCUT2D eigenvalue weighted by molar-refractivity contribution is -0.398. The largest absolute Gasteiger partial charge is 0.865 e. The maximum Gasteiger partial charge on any atom is 0.266 e. The molecule has 0 saturated heterocycles. The molecule has 0 bridgehead atoms. The molecule has 0 spiro atoms. The van der Waals surface area contributed by atoms with Crippen LogP contribution in [0.5, 0.6) is 11.5 Å². The third kappa shape index (κ3) is 3.33. The summed E-state index contributed by atoms with van der Waals surface area (Å²) in [5.41, 5.74) is 0.446. The van der Waals surface area contributed by atoms with Crippen LogP contribution in [0.25, 0.3) is 16.3 Å². The van der Waals surface area contributed by atoms with Crippen LogP contribution in [0.3, 0.4) is 0 Å². The summed E-state index contributed by atoms with van der Waals surface area (Å²) in [5.74, 6) is -1.28. The minimum Gasteiger partial charge on any atom is -0.865 e. The molecule has 0 unspecified atom stereocenters. The van der Waals surface area contributed by atoms with Crippen molar-refractivity contribution in [3.8, 4) is 11.5 Å². The molecule has 1 aromatic heterocycles. The van der Waals surface area contributed by atoms with Crippen molar-refractivity contribution in [2.24, 2.45) is 0 Å². The van der Waals surface area contributed by atoms with Gasteiger partial charge in [-0.1, -0.05) is 18.2 Å². The number of fused-ring (bicyclic) bond motifs is 1. The van der Waals surface area contributed by atoms with Gasteiger partial charge in [-0.2, -0.15) is 0 Å². The summed E-state index contributed by atoms with van der Waals surface area (Å²) in [5, 5.41) is 23.1. The number of allylic oxidation sites excluding steroid dienone is 1. The molecule has 0 aliphatic heterocycles. The third-order valence-electron chi connectivity index (χ3n) is 3.41. The molecule has 25 heavy (non-hydrogen) atoms. The fourth-order valence-electron chi connectivity index (χ4n) is 2.21. The monoisotopic (exact) mass is 355 g/mol. The van der Waals surface area contributed by atoms with Gasteiger partial charge in [0.25, 0.3) is 5.69 Å². The zero-order valence-corrected chi connectivity index (χ0v) is 13.8. The highest BCUT2D eigenvalue weighted by Crippen LogP contribution is 2.35. The first-order valence-corrected chi connectivity index (χ1v) is 7.92. The van der Waals surface area contributed by atoms with Gasteiger partial charge < -0.3 is 9.84 Å². The van der Waals surface area contributed by atoms with Crippen LogP contribution in [0.1, 0.15) is 15.4 Å². The molecule has 0 aliphatic rings. The number of nitro benzene ring substituents is 1. The van der Waals surface area contributed by atoms with Crippen LogP contribution < -0.4 is 9.84 Å². The van der Waals surface area contributed by atoms with Gasteiger partial charge in [0.05, 0.1) is 22.2 Å². The molecular weight excluding hydrogens is 344 g/mol. The lowest BCUT2D eigenvalue weighted by atomic mass is 10.1. The average molecular weight is 355 g/mol. The number of rotatable bonds is 5. The summed E-state index contributed by atoms with van der Waals surface area (Å²) in [4.78, 5) is 26.7. The van der Waals surface area contributed by atoms with Crippen LogP contribution >= 0.6 is 11.3 Å². The normalized spacial score (nSPS) is 11.1. The lowest BCUT2D eigenvalue weighted by Crippen LogP contribution is -2.01. The van der Waals surface area contributed by atoms with Gasteiger partial charge in [0.15, 0.2) is 5.01 Å². The van der Waals surface area contributed by atoms with Gasteiger partial charge in [-0.3, -0.25) is 14.9 Å². The number of carbonyl (C=O) groups excluding carboxylic acids is 1. The lowest BCUT2D eigenvalue weighted by Gasteiger charge is -2.13. The quantitative estimate of drug-likeness (QED) is 0.301. The second kappa shape index (κ2) is 6.70. The molecule has 0 saturated carbocycles. The van der Waals surface area contributed by atoms with Crippen molar-refractivity contribution in [2.45, 2.75) is 0 Å². The summed E-state index contributed by atoms with van der Waals surface area (Å²) in [7, 11) is 1.25. The SMILES string of the molecule is COc1cc(/C=C/C(=O)c2nc3ccccc3s2)cc([N+](=O)[O-])c1[O-]. The van der Waals surface area contributed by atoms with Gasteiger partial charge in [-0.05, 0) is 29.8 Å². The highest BCUT2D eigenvalue weighted by Gasteiger charge is 2.13. The van der Waals surface area contributed by atoms with Crippen LogP contribution in [0.4, 0.5) is 5.69 Å². The van der Waals surface area contributed by atoms with Gasteiger partial charge >= 0.3 is 0 Å². The third-order valence-corrected chi connectivity index (χ3v) is 4.46. The Bertz CT molecular complexity index is 976. The molecular formula is C17H11N2O5S-. The number of para-hydroxylation sites is 1. The second-order valence-electron chi connectivity index (χ2n) is 5.01. The van der Waals surface area contributed by atoms with E-state index in [2.05, 4.69) is 4.98 Å². The second-order valence-corrected chi connectivity index (χ2v) is 6.04. The molecule has 2 aromatic carbocycles. The highest BCUT2D eigenvalue weighted by atomic mass is 32.1. The smallest absolute Gasteiger partial charge is 0.266 e. The minimum absolute atomic E-state index is 0.152. The van der Waals surface area contributed by atoms with Crippen LogP contribution in [0, 0.1) is 10.1 Å². The van der Waals surface area contributed by atoms with Crippen molar-refractivity contribution in [1.82, 2.24) is 4.98 Å². The Labute approximate surface area is 146 Å². The van der Waals surface area contributed by atoms with E-state index in [0.717, 1.165) is 16.3 Å². The molecule has 7 nitrogen and oxygen atoms in total. The molecule has 0 radical (unpaired) electrons. The highest BCUT2D eigenvalue weighted by molar-refractivity contribution is 7.20. The average Bonchev–Trinajstić information content (AvgIpc) is 3.04. The first kappa shape index (κ1) is 16.6. The van der Waals surface area contributed by atoms with Crippen molar-refractivity contribution in [3.63, 3.8) is 0 Å². The molecule has 3 rings (SSSR count). The van der Waals surface area contributed by atoms with E-state index in [1.807, 2.05) is 24.3 Å². The van der Waals surface area contributed by atoms with Crippen LogP contribution in [-0.4, -0.2) is 22.8 Å². The summed E-state index contributed by atoms with van der Waals surface area (Å²) in [6.45, 7) is 0. The first-order chi connectivity index (χ1) is 12.0. The number of ketones is 1. The standard InChI is InChI=1S/C17H12N2O5S/c1-24-14-9-10(8-12(16(14)21)19(22)23)6-7-13(20)17-18-11-4-2-3-5-15(11)25-17/h2-9,21H,1H3/p-1/b7-6+. The Hall–Kier alpha value is -3.26. The fraction of sp³-hybridized carbons (Fsp3) is 0.0588. The molecule has 0 fully saturated rings. The molecule has 126 valence electrons. The van der Waals surface area contributed by atoms with Crippen molar-refractivity contribution >= 4 is 39.1 Å². The Balaban J connectivity index is 1.91. The van der Waals surface area contributed by atoms with Crippen LogP contribution in [0.2, 0.25) is 0 Å². The van der Waals surface area contributed by atoms with Crippen molar-refractivity contribution in [3.05, 3.63) is 63.2 Å². The summed E-state index contributed by atoms with van der Waals surface area (Å²) in [6.07, 6.45) is 2.66. The van der Waals surface area contributed by atoms with E-state index >= 15 is 0 Å². The number of benzene rings is 2. The van der Waals surface area contributed by atoms with Gasteiger partial charge in [0.1, 0.15) is 5.75 Å². The van der Waals surface area contributed by atoms with E-state index in [0.29, 0.717) is 10.6 Å². The zero-order valence-electron chi connectivity index (χ0n) is 13.0. The number of hydrogen-bond donors (Lipinski definition) is 0. The van der Waals surface area contributed by atoms with E-state index < -0.39 is 16.4 Å². The fourth-order valence-corrected chi connectivity index (χ4v) is 3.10. The van der Waals surface area contributed by atoms with Gasteiger partial charge in [0.2, 0.25) is 5.78 Å². The number of carbonyl (C=O) groups is 1. The van der Waals surface area contributed by atoms with E-state index in [1.165, 1.54) is 36.7 Å².